The zero-order valence-electron chi connectivity index (χ0n) is 17.7. The van der Waals surface area contributed by atoms with E-state index in [2.05, 4.69) is 41.5 Å². The molecule has 2 aromatic carbocycles. The molecule has 30 heavy (non-hydrogen) atoms. The number of nitrogens with zero attached hydrogens (tertiary/aromatic N) is 2. The highest BCUT2D eigenvalue weighted by Crippen LogP contribution is 2.51. The second-order valence-electron chi connectivity index (χ2n) is 8.62. The standard InChI is InChI=1S/C13H18N2O.C10H12N2O2/c1-13-6-7-14(2)12(13)15(3)11-5-4-9(16)8-10(11)13;13-10(14)12-9-8-4-2-1-3-7(8)5-6-11-9/h4-5,8,12,16H,6-7H2,1-3H3;1-4,9,11-12H,5-6H2,(H,13,14)/t12-,13+;/m1./s1. The fourth-order valence-corrected chi connectivity index (χ4v) is 5.32. The fraction of sp³-hybridized carbons (Fsp3) is 0.435. The summed E-state index contributed by atoms with van der Waals surface area (Å²) in [5.74, 6) is 0.378. The van der Waals surface area contributed by atoms with E-state index in [0.717, 1.165) is 31.5 Å². The number of anilines is 1. The fourth-order valence-electron chi connectivity index (χ4n) is 5.32. The van der Waals surface area contributed by atoms with Crippen LogP contribution in [0, 0.1) is 0 Å². The van der Waals surface area contributed by atoms with E-state index in [1.165, 1.54) is 16.8 Å². The van der Waals surface area contributed by atoms with Crippen LogP contribution >= 0.6 is 0 Å². The summed E-state index contributed by atoms with van der Waals surface area (Å²) in [6.45, 7) is 4.24. The lowest BCUT2D eigenvalue weighted by atomic mass is 9.81. The van der Waals surface area contributed by atoms with Gasteiger partial charge in [-0.2, -0.15) is 0 Å². The molecule has 7 nitrogen and oxygen atoms in total. The van der Waals surface area contributed by atoms with E-state index in [1.807, 2.05) is 36.4 Å². The predicted octanol–water partition coefficient (Wildman–Crippen LogP) is 2.86. The third-order valence-electron chi connectivity index (χ3n) is 6.69. The van der Waals surface area contributed by atoms with Crippen LogP contribution in [0.1, 0.15) is 36.2 Å². The molecule has 3 atom stereocenters. The maximum atomic E-state index is 10.5. The van der Waals surface area contributed by atoms with Crippen molar-refractivity contribution in [1.29, 1.82) is 0 Å². The molecule has 1 amide bonds. The Morgan fingerprint density at radius 2 is 2.00 bits per heavy atom. The number of hydrogen-bond donors (Lipinski definition) is 4. The van der Waals surface area contributed by atoms with E-state index in [-0.39, 0.29) is 11.6 Å². The number of carbonyl (C=O) groups is 1. The van der Waals surface area contributed by atoms with Gasteiger partial charge < -0.3 is 20.4 Å². The molecule has 0 saturated carbocycles. The first kappa shape index (κ1) is 20.5. The number of carboxylic acid groups (broad SMARTS) is 1. The van der Waals surface area contributed by atoms with Crippen LogP contribution in [0.25, 0.3) is 0 Å². The highest BCUT2D eigenvalue weighted by Gasteiger charge is 2.52. The molecular weight excluding hydrogens is 380 g/mol. The molecule has 3 heterocycles. The van der Waals surface area contributed by atoms with Crippen LogP contribution in [0.3, 0.4) is 0 Å². The average molecular weight is 411 g/mol. The average Bonchev–Trinajstić information content (AvgIpc) is 3.14. The van der Waals surface area contributed by atoms with Crippen molar-refractivity contribution in [3.63, 3.8) is 0 Å². The van der Waals surface area contributed by atoms with E-state index in [0.29, 0.717) is 11.9 Å². The van der Waals surface area contributed by atoms with E-state index in [1.54, 1.807) is 6.07 Å². The number of likely N-dealkylation sites (N-methyl/N-ethyl adjacent to an activating group) is 2. The Morgan fingerprint density at radius 3 is 2.77 bits per heavy atom. The van der Waals surface area contributed by atoms with Crippen molar-refractivity contribution in [2.45, 2.75) is 37.5 Å². The van der Waals surface area contributed by atoms with E-state index in [9.17, 15) is 9.90 Å². The summed E-state index contributed by atoms with van der Waals surface area (Å²) in [5, 5.41) is 23.8. The van der Waals surface area contributed by atoms with Gasteiger partial charge >= 0.3 is 6.09 Å². The summed E-state index contributed by atoms with van der Waals surface area (Å²) in [6.07, 6.45) is 1.28. The molecule has 7 heteroatoms. The highest BCUT2D eigenvalue weighted by atomic mass is 16.4. The Labute approximate surface area is 177 Å². The van der Waals surface area contributed by atoms with Gasteiger partial charge in [0.25, 0.3) is 0 Å². The van der Waals surface area contributed by atoms with Gasteiger partial charge in [-0.05, 0) is 54.8 Å². The van der Waals surface area contributed by atoms with Gasteiger partial charge in [0.05, 0.1) is 6.17 Å². The summed E-state index contributed by atoms with van der Waals surface area (Å²) in [4.78, 5) is 15.3. The number of hydrogen-bond acceptors (Lipinski definition) is 5. The largest absolute Gasteiger partial charge is 0.508 e. The van der Waals surface area contributed by atoms with Gasteiger partial charge in [0.15, 0.2) is 0 Å². The van der Waals surface area contributed by atoms with Crippen molar-refractivity contribution in [3.05, 3.63) is 59.2 Å². The molecule has 5 rings (SSSR count). The second-order valence-corrected chi connectivity index (χ2v) is 8.62. The zero-order chi connectivity index (χ0) is 21.5. The van der Waals surface area contributed by atoms with Gasteiger partial charge in [0, 0.05) is 31.2 Å². The van der Waals surface area contributed by atoms with Crippen molar-refractivity contribution < 1.29 is 15.0 Å². The van der Waals surface area contributed by atoms with Gasteiger partial charge in [0.1, 0.15) is 11.9 Å². The number of nitrogens with one attached hydrogen (secondary N) is 2. The lowest BCUT2D eigenvalue weighted by Gasteiger charge is -2.32. The van der Waals surface area contributed by atoms with E-state index < -0.39 is 6.09 Å². The molecule has 0 bridgehead atoms. The Bertz CT molecular complexity index is 950. The Morgan fingerprint density at radius 1 is 1.23 bits per heavy atom. The minimum atomic E-state index is -1.00. The van der Waals surface area contributed by atoms with Crippen LogP contribution < -0.4 is 15.5 Å². The molecule has 1 saturated heterocycles. The van der Waals surface area contributed by atoms with Gasteiger partial charge in [-0.3, -0.25) is 10.2 Å². The lowest BCUT2D eigenvalue weighted by Crippen LogP contribution is -2.45. The lowest BCUT2D eigenvalue weighted by molar-refractivity contribution is 0.186. The van der Waals surface area contributed by atoms with Crippen LogP contribution in [0.2, 0.25) is 0 Å². The molecule has 1 unspecified atom stereocenters. The first-order chi connectivity index (χ1) is 14.3. The molecule has 1 fully saturated rings. The number of fused-ring (bicyclic) bond motifs is 4. The number of likely N-dealkylation sites (tertiary alicyclic amines) is 1. The summed E-state index contributed by atoms with van der Waals surface area (Å²) in [5.41, 5.74) is 4.96. The first-order valence-corrected chi connectivity index (χ1v) is 10.4. The quantitative estimate of drug-likeness (QED) is 0.578. The molecule has 4 N–H and O–H groups in total. The topological polar surface area (TPSA) is 88.1 Å². The molecule has 0 aliphatic carbocycles. The highest BCUT2D eigenvalue weighted by molar-refractivity contribution is 5.66. The van der Waals surface area contributed by atoms with Crippen molar-refractivity contribution in [2.24, 2.45) is 0 Å². The van der Waals surface area contributed by atoms with Crippen LogP contribution in [0.4, 0.5) is 10.5 Å². The summed E-state index contributed by atoms with van der Waals surface area (Å²) < 4.78 is 0. The molecule has 0 spiro atoms. The van der Waals surface area contributed by atoms with Crippen LogP contribution in [-0.4, -0.2) is 54.6 Å². The number of rotatable bonds is 1. The zero-order valence-corrected chi connectivity index (χ0v) is 17.7. The van der Waals surface area contributed by atoms with E-state index in [4.69, 9.17) is 5.11 Å². The van der Waals surface area contributed by atoms with Gasteiger partial charge in [0.2, 0.25) is 0 Å². The number of benzene rings is 2. The summed E-state index contributed by atoms with van der Waals surface area (Å²) in [7, 11) is 4.33. The maximum absolute atomic E-state index is 10.5. The molecule has 3 aliphatic rings. The Balaban J connectivity index is 0.000000147. The van der Waals surface area contributed by atoms with Crippen molar-refractivity contribution in [2.75, 3.05) is 32.1 Å². The maximum Gasteiger partial charge on any atom is 0.406 e. The molecular formula is C23H30N4O3. The Hall–Kier alpha value is -2.77. The van der Waals surface area contributed by atoms with Crippen LogP contribution in [0.15, 0.2) is 42.5 Å². The third-order valence-corrected chi connectivity index (χ3v) is 6.69. The van der Waals surface area contributed by atoms with Gasteiger partial charge in [-0.15, -0.1) is 0 Å². The van der Waals surface area contributed by atoms with Crippen molar-refractivity contribution in [3.8, 4) is 5.75 Å². The number of amides is 1. The number of aromatic hydroxyl groups is 1. The van der Waals surface area contributed by atoms with Gasteiger partial charge in [-0.1, -0.05) is 31.2 Å². The summed E-state index contributed by atoms with van der Waals surface area (Å²) >= 11 is 0. The Kier molecular flexibility index (Phi) is 5.34. The molecule has 2 aromatic rings. The minimum absolute atomic E-state index is 0.164. The third kappa shape index (κ3) is 3.48. The van der Waals surface area contributed by atoms with E-state index >= 15 is 0 Å². The summed E-state index contributed by atoms with van der Waals surface area (Å²) in [6, 6.07) is 13.6. The normalized spacial score (nSPS) is 26.8. The smallest absolute Gasteiger partial charge is 0.406 e. The molecule has 160 valence electrons. The second kappa shape index (κ2) is 7.81. The minimum Gasteiger partial charge on any atom is -0.508 e. The van der Waals surface area contributed by atoms with Crippen LogP contribution in [-0.2, 0) is 11.8 Å². The first-order valence-electron chi connectivity index (χ1n) is 10.4. The van der Waals surface area contributed by atoms with Crippen molar-refractivity contribution in [1.82, 2.24) is 15.5 Å². The SMILES string of the molecule is CN1CC[C@@]2(C)c3cc(O)ccc3N(C)[C@@H]12.O=C(O)NC1NCCc2ccccc21. The molecule has 0 radical (unpaired) electrons. The van der Waals surface area contributed by atoms with Gasteiger partial charge in [-0.25, -0.2) is 4.79 Å². The van der Waals surface area contributed by atoms with Crippen LogP contribution in [0.5, 0.6) is 5.75 Å². The number of phenols is 1. The predicted molar refractivity (Wildman–Crippen MR) is 117 cm³/mol. The molecule has 3 aliphatic heterocycles. The van der Waals surface area contributed by atoms with Crippen molar-refractivity contribution >= 4 is 11.8 Å². The number of phenolic OH excluding ortho intramolecular Hbond substituents is 1. The molecule has 0 aromatic heterocycles. The monoisotopic (exact) mass is 410 g/mol.